The third-order valence-electron chi connectivity index (χ3n) is 4.27. The molecule has 1 aromatic heterocycles. The molecule has 0 radical (unpaired) electrons. The van der Waals surface area contributed by atoms with E-state index in [1.54, 1.807) is 41.6 Å². The number of likely N-dealkylation sites (tertiary alicyclic amines) is 1. The molecule has 3 rings (SSSR count). The van der Waals surface area contributed by atoms with Gasteiger partial charge in [-0.1, -0.05) is 0 Å². The Kier molecular flexibility index (Phi) is 5.32. The van der Waals surface area contributed by atoms with Crippen molar-refractivity contribution in [3.8, 4) is 11.9 Å². The highest BCUT2D eigenvalue weighted by molar-refractivity contribution is 5.94. The molecule has 1 saturated heterocycles. The highest BCUT2D eigenvalue weighted by atomic mass is 16.5. The fraction of sp³-hybridized carbons (Fsp3) is 0.368. The van der Waals surface area contributed by atoms with Crippen molar-refractivity contribution < 1.29 is 9.53 Å². The Balaban J connectivity index is 1.69. The molecule has 7 nitrogen and oxygen atoms in total. The number of nitriles is 1. The van der Waals surface area contributed by atoms with Gasteiger partial charge in [0.2, 0.25) is 0 Å². The molecule has 1 fully saturated rings. The van der Waals surface area contributed by atoms with Crippen LogP contribution in [0.1, 0.15) is 28.8 Å². The highest BCUT2D eigenvalue weighted by Crippen LogP contribution is 2.24. The van der Waals surface area contributed by atoms with Gasteiger partial charge in [0, 0.05) is 38.6 Å². The number of carbonyl (C=O) groups excluding carboxylic acids is 1. The third-order valence-corrected chi connectivity index (χ3v) is 4.27. The Morgan fingerprint density at radius 1 is 1.27 bits per heavy atom. The van der Waals surface area contributed by atoms with E-state index < -0.39 is 0 Å². The van der Waals surface area contributed by atoms with Gasteiger partial charge in [-0.2, -0.15) is 5.26 Å². The van der Waals surface area contributed by atoms with E-state index in [0.29, 0.717) is 35.9 Å². The maximum atomic E-state index is 12.7. The average Bonchev–Trinajstić information content (AvgIpc) is 2.68. The number of benzene rings is 1. The Hall–Kier alpha value is -3.14. The minimum absolute atomic E-state index is 0.0465. The van der Waals surface area contributed by atoms with Crippen LogP contribution in [0.25, 0.3) is 0 Å². The standard InChI is InChI=1S/C19H21N5O2/c1-23(2)17-18(22-10-9-21-17)26-16-4-3-11-24(13-16)19(25)15-7-5-14(12-20)6-8-15/h5-10,16H,3-4,11,13H2,1-2H3. The molecule has 1 unspecified atom stereocenters. The van der Waals surface area contributed by atoms with Crippen molar-refractivity contribution in [3.05, 3.63) is 47.8 Å². The van der Waals surface area contributed by atoms with Gasteiger partial charge in [-0.15, -0.1) is 0 Å². The maximum absolute atomic E-state index is 12.7. The summed E-state index contributed by atoms with van der Waals surface area (Å²) in [7, 11) is 3.77. The quantitative estimate of drug-likeness (QED) is 0.839. The lowest BCUT2D eigenvalue weighted by Crippen LogP contribution is -2.44. The van der Waals surface area contributed by atoms with Crippen LogP contribution in [0.4, 0.5) is 5.82 Å². The Bertz CT molecular complexity index is 813. The monoisotopic (exact) mass is 351 g/mol. The van der Waals surface area contributed by atoms with Crippen LogP contribution in [0.3, 0.4) is 0 Å². The number of nitrogens with zero attached hydrogens (tertiary/aromatic N) is 5. The molecule has 0 N–H and O–H groups in total. The van der Waals surface area contributed by atoms with E-state index in [2.05, 4.69) is 16.0 Å². The van der Waals surface area contributed by atoms with Gasteiger partial charge in [-0.05, 0) is 37.1 Å². The lowest BCUT2D eigenvalue weighted by Gasteiger charge is -2.33. The van der Waals surface area contributed by atoms with Crippen molar-refractivity contribution in [1.82, 2.24) is 14.9 Å². The second kappa shape index (κ2) is 7.83. The van der Waals surface area contributed by atoms with Crippen molar-refractivity contribution >= 4 is 11.7 Å². The van der Waals surface area contributed by atoms with Crippen molar-refractivity contribution in [3.63, 3.8) is 0 Å². The molecule has 1 aliphatic rings. The minimum Gasteiger partial charge on any atom is -0.470 e. The van der Waals surface area contributed by atoms with Crippen molar-refractivity contribution in [2.75, 3.05) is 32.1 Å². The Morgan fingerprint density at radius 2 is 2.00 bits per heavy atom. The van der Waals surface area contributed by atoms with E-state index in [4.69, 9.17) is 10.00 Å². The van der Waals surface area contributed by atoms with E-state index in [1.807, 2.05) is 19.0 Å². The predicted molar refractivity (Wildman–Crippen MR) is 97.1 cm³/mol. The lowest BCUT2D eigenvalue weighted by molar-refractivity contribution is 0.0528. The number of amides is 1. The van der Waals surface area contributed by atoms with Gasteiger partial charge < -0.3 is 14.5 Å². The van der Waals surface area contributed by atoms with Crippen LogP contribution < -0.4 is 9.64 Å². The molecule has 0 bridgehead atoms. The van der Waals surface area contributed by atoms with Crippen molar-refractivity contribution in [2.24, 2.45) is 0 Å². The molecule has 1 amide bonds. The van der Waals surface area contributed by atoms with Gasteiger partial charge in [0.25, 0.3) is 11.8 Å². The molecule has 134 valence electrons. The van der Waals surface area contributed by atoms with Gasteiger partial charge in [-0.25, -0.2) is 9.97 Å². The van der Waals surface area contributed by atoms with Crippen LogP contribution in [0.2, 0.25) is 0 Å². The Morgan fingerprint density at radius 3 is 2.69 bits per heavy atom. The van der Waals surface area contributed by atoms with Crippen LogP contribution >= 0.6 is 0 Å². The van der Waals surface area contributed by atoms with Crippen LogP contribution in [-0.4, -0.2) is 54.1 Å². The molecule has 2 heterocycles. The second-order valence-corrected chi connectivity index (χ2v) is 6.40. The van der Waals surface area contributed by atoms with E-state index >= 15 is 0 Å². The Labute approximate surface area is 152 Å². The normalized spacial score (nSPS) is 16.7. The average molecular weight is 351 g/mol. The number of ether oxygens (including phenoxy) is 1. The van der Waals surface area contributed by atoms with Crippen molar-refractivity contribution in [2.45, 2.75) is 18.9 Å². The molecule has 1 aliphatic heterocycles. The first-order valence-electron chi connectivity index (χ1n) is 8.53. The number of anilines is 1. The first-order valence-corrected chi connectivity index (χ1v) is 8.53. The molecule has 26 heavy (non-hydrogen) atoms. The van der Waals surface area contributed by atoms with E-state index in [-0.39, 0.29) is 12.0 Å². The van der Waals surface area contributed by atoms with E-state index in [1.165, 1.54) is 0 Å². The molecular formula is C19H21N5O2. The molecule has 7 heteroatoms. The maximum Gasteiger partial charge on any atom is 0.257 e. The number of rotatable bonds is 4. The molecule has 0 spiro atoms. The van der Waals surface area contributed by atoms with Gasteiger partial charge in [0.05, 0.1) is 18.2 Å². The number of carbonyl (C=O) groups is 1. The fourth-order valence-corrected chi connectivity index (χ4v) is 2.95. The number of piperidine rings is 1. The summed E-state index contributed by atoms with van der Waals surface area (Å²) in [6.07, 6.45) is 4.83. The summed E-state index contributed by atoms with van der Waals surface area (Å²) in [6, 6.07) is 8.77. The number of hydrogen-bond acceptors (Lipinski definition) is 6. The summed E-state index contributed by atoms with van der Waals surface area (Å²) in [4.78, 5) is 24.9. The third kappa shape index (κ3) is 3.91. The molecule has 1 atom stereocenters. The van der Waals surface area contributed by atoms with Crippen molar-refractivity contribution in [1.29, 1.82) is 5.26 Å². The van der Waals surface area contributed by atoms with E-state index in [0.717, 1.165) is 12.8 Å². The van der Waals surface area contributed by atoms with Gasteiger partial charge in [-0.3, -0.25) is 4.79 Å². The summed E-state index contributed by atoms with van der Waals surface area (Å²) >= 11 is 0. The SMILES string of the molecule is CN(C)c1nccnc1OC1CCCN(C(=O)c2ccc(C#N)cc2)C1. The summed E-state index contributed by atoms with van der Waals surface area (Å²) < 4.78 is 6.05. The number of aromatic nitrogens is 2. The molecule has 1 aromatic carbocycles. The molecule has 2 aromatic rings. The zero-order valence-corrected chi connectivity index (χ0v) is 14.9. The molecular weight excluding hydrogens is 330 g/mol. The lowest BCUT2D eigenvalue weighted by atomic mass is 10.1. The summed E-state index contributed by atoms with van der Waals surface area (Å²) in [5.41, 5.74) is 1.12. The second-order valence-electron chi connectivity index (χ2n) is 6.40. The van der Waals surface area contributed by atoms with Gasteiger partial charge in [0.15, 0.2) is 5.82 Å². The predicted octanol–water partition coefficient (Wildman–Crippen LogP) is 2.10. The largest absolute Gasteiger partial charge is 0.470 e. The summed E-state index contributed by atoms with van der Waals surface area (Å²) in [5.74, 6) is 1.10. The fourth-order valence-electron chi connectivity index (χ4n) is 2.95. The highest BCUT2D eigenvalue weighted by Gasteiger charge is 2.27. The van der Waals surface area contributed by atoms with E-state index in [9.17, 15) is 4.79 Å². The van der Waals surface area contributed by atoms with Gasteiger partial charge >= 0.3 is 0 Å². The first-order chi connectivity index (χ1) is 12.6. The van der Waals surface area contributed by atoms with Crippen LogP contribution in [-0.2, 0) is 0 Å². The number of hydrogen-bond donors (Lipinski definition) is 0. The summed E-state index contributed by atoms with van der Waals surface area (Å²) in [5, 5.41) is 8.88. The van der Waals surface area contributed by atoms with Crippen LogP contribution in [0, 0.1) is 11.3 Å². The first kappa shape index (κ1) is 17.7. The van der Waals surface area contributed by atoms with Crippen LogP contribution in [0.15, 0.2) is 36.7 Å². The molecule has 0 aliphatic carbocycles. The van der Waals surface area contributed by atoms with Crippen LogP contribution in [0.5, 0.6) is 5.88 Å². The molecule has 0 saturated carbocycles. The smallest absolute Gasteiger partial charge is 0.257 e. The van der Waals surface area contributed by atoms with Gasteiger partial charge in [0.1, 0.15) is 6.10 Å². The topological polar surface area (TPSA) is 82.3 Å². The summed E-state index contributed by atoms with van der Waals surface area (Å²) in [6.45, 7) is 1.20. The minimum atomic E-state index is -0.124. The zero-order valence-electron chi connectivity index (χ0n) is 14.9. The zero-order chi connectivity index (χ0) is 18.5.